The van der Waals surface area contributed by atoms with Gasteiger partial charge in [0, 0.05) is 33.4 Å². The van der Waals surface area contributed by atoms with Gasteiger partial charge in [0.15, 0.2) is 11.6 Å². The average Bonchev–Trinajstić information content (AvgIpc) is 3.31. The summed E-state index contributed by atoms with van der Waals surface area (Å²) in [6.45, 7) is 0. The maximum Gasteiger partial charge on any atom is 0.160 e. The molecule has 280 valence electrons. The van der Waals surface area contributed by atoms with E-state index in [1.165, 1.54) is 35.6 Å². The molecule has 2 atom stereocenters. The first-order valence-corrected chi connectivity index (χ1v) is 20.8. The van der Waals surface area contributed by atoms with Gasteiger partial charge in [-0.2, -0.15) is 0 Å². The van der Waals surface area contributed by atoms with Crippen molar-refractivity contribution in [3.05, 3.63) is 194 Å². The van der Waals surface area contributed by atoms with Crippen molar-refractivity contribution in [3.63, 3.8) is 0 Å². The summed E-state index contributed by atoms with van der Waals surface area (Å²) >= 11 is 0. The quantitative estimate of drug-likeness (QED) is 0.155. The van der Waals surface area contributed by atoms with Gasteiger partial charge in [0.25, 0.3) is 0 Å². The molecule has 3 aliphatic rings. The highest BCUT2D eigenvalue weighted by molar-refractivity contribution is 5.87. The predicted molar refractivity (Wildman–Crippen MR) is 239 cm³/mol. The molecule has 4 heteroatoms. The summed E-state index contributed by atoms with van der Waals surface area (Å²) in [5.41, 5.74) is 14.2. The third-order valence-electron chi connectivity index (χ3n) is 13.5. The molecule has 3 saturated carbocycles. The molecule has 0 radical (unpaired) electrons. The number of rotatable bonds is 8. The van der Waals surface area contributed by atoms with E-state index in [2.05, 4.69) is 164 Å². The lowest BCUT2D eigenvalue weighted by Crippen LogP contribution is -2.71. The average molecular weight is 757 g/mol. The topological polar surface area (TPSA) is 51.6 Å². The van der Waals surface area contributed by atoms with Crippen LogP contribution in [0.5, 0.6) is 0 Å². The molecule has 0 bridgehead atoms. The Hall–Kier alpha value is -7.04. The van der Waals surface area contributed by atoms with E-state index in [1.54, 1.807) is 0 Å². The molecule has 2 unspecified atom stereocenters. The van der Waals surface area contributed by atoms with Crippen LogP contribution >= 0.6 is 0 Å². The second kappa shape index (κ2) is 13.5. The maximum atomic E-state index is 5.17. The summed E-state index contributed by atoms with van der Waals surface area (Å²) in [7, 11) is 0. The first kappa shape index (κ1) is 34.0. The summed E-state index contributed by atoms with van der Waals surface area (Å²) in [6, 6.07) is 66.5. The fourth-order valence-corrected chi connectivity index (χ4v) is 10.5. The van der Waals surface area contributed by atoms with E-state index in [1.807, 2.05) is 24.3 Å². The maximum absolute atomic E-state index is 5.17. The summed E-state index contributed by atoms with van der Waals surface area (Å²) < 4.78 is 0. The van der Waals surface area contributed by atoms with E-state index in [0.29, 0.717) is 11.2 Å². The minimum atomic E-state index is 0.462. The second-order valence-electron chi connectivity index (χ2n) is 16.8. The highest BCUT2D eigenvalue weighted by Gasteiger charge is 2.71. The van der Waals surface area contributed by atoms with Crippen molar-refractivity contribution in [2.75, 3.05) is 0 Å². The molecule has 0 amide bonds. The number of hydrogen-bond donors (Lipinski definition) is 0. The van der Waals surface area contributed by atoms with E-state index < -0.39 is 0 Å². The summed E-state index contributed by atoms with van der Waals surface area (Å²) in [5.74, 6) is 4.37. The Bertz CT molecular complexity index is 3000. The Kier molecular flexibility index (Phi) is 7.81. The third kappa shape index (κ3) is 5.81. The van der Waals surface area contributed by atoms with Crippen LogP contribution in [0.15, 0.2) is 188 Å². The van der Waals surface area contributed by atoms with Crippen molar-refractivity contribution in [1.29, 1.82) is 0 Å². The number of fused-ring (bicyclic) bond motifs is 1. The molecule has 3 fully saturated rings. The molecule has 0 spiro atoms. The monoisotopic (exact) mass is 756 g/mol. The van der Waals surface area contributed by atoms with Crippen molar-refractivity contribution in [1.82, 2.24) is 19.9 Å². The first-order chi connectivity index (χ1) is 29.1. The molecule has 0 N–H and O–H groups in total. The Morgan fingerprint density at radius 2 is 0.746 bits per heavy atom. The van der Waals surface area contributed by atoms with Crippen LogP contribution in [-0.2, 0) is 5.41 Å². The lowest BCUT2D eigenvalue weighted by atomic mass is 9.28. The number of nitrogens with zero attached hydrogens (tertiary/aromatic N) is 4. The smallest absolute Gasteiger partial charge is 0.160 e. The van der Waals surface area contributed by atoms with Gasteiger partial charge in [0.05, 0.1) is 22.8 Å². The number of hydrogen-bond acceptors (Lipinski definition) is 4. The molecule has 2 heterocycles. The number of aromatic nitrogens is 4. The van der Waals surface area contributed by atoms with E-state index in [-0.39, 0.29) is 0 Å². The molecule has 4 nitrogen and oxygen atoms in total. The standard InChI is InChI=1S/C55H40N4/c1-3-10-38(11-4-1)48-31-49(40-25-27-47(28-26-40)55-33-45-30-46(34-55)52(45)55)58-54(56-48)42-22-17-37(18-23-42)36-15-20-39(21-16-36)50-32-51(59-53(57-50)41-12-5-2-6-13-41)44-24-19-35-9-7-8-14-43(35)29-44/h1-29,31-32,45-46,52H,30,33-34H2. The third-order valence-corrected chi connectivity index (χ3v) is 13.5. The Labute approximate surface area is 344 Å². The Balaban J connectivity index is 0.849. The first-order valence-electron chi connectivity index (χ1n) is 20.8. The van der Waals surface area contributed by atoms with Gasteiger partial charge < -0.3 is 0 Å². The SMILES string of the molecule is c1ccc(-c2cc(-c3ccc(C45CC6CC(C4)C65)cc3)nc(-c3ccc(-c4ccc(-c5cc(-c6ccc7ccccc7c6)nc(-c6ccccc6)n5)cc4)cc3)n2)cc1. The van der Waals surface area contributed by atoms with Crippen LogP contribution in [0.1, 0.15) is 24.8 Å². The van der Waals surface area contributed by atoms with Gasteiger partial charge in [0.1, 0.15) is 0 Å². The molecular formula is C55H40N4. The van der Waals surface area contributed by atoms with Gasteiger partial charge in [0.2, 0.25) is 0 Å². The minimum absolute atomic E-state index is 0.462. The lowest BCUT2D eigenvalue weighted by Gasteiger charge is -2.76. The van der Waals surface area contributed by atoms with Gasteiger partial charge in [-0.25, -0.2) is 19.9 Å². The van der Waals surface area contributed by atoms with Crippen molar-refractivity contribution < 1.29 is 0 Å². The summed E-state index contributed by atoms with van der Waals surface area (Å²) in [6.07, 6.45) is 4.24. The highest BCUT2D eigenvalue weighted by atomic mass is 14.9. The molecule has 9 aromatic rings. The number of benzene rings is 7. The van der Waals surface area contributed by atoms with Crippen molar-refractivity contribution in [3.8, 4) is 78.9 Å². The highest BCUT2D eigenvalue weighted by Crippen LogP contribution is 2.77. The van der Waals surface area contributed by atoms with Gasteiger partial charge in [-0.15, -0.1) is 0 Å². The van der Waals surface area contributed by atoms with Crippen LogP contribution < -0.4 is 0 Å². The van der Waals surface area contributed by atoms with E-state index in [9.17, 15) is 0 Å². The van der Waals surface area contributed by atoms with Crippen LogP contribution in [0.25, 0.3) is 89.7 Å². The fraction of sp³-hybridized carbons (Fsp3) is 0.127. The van der Waals surface area contributed by atoms with Gasteiger partial charge in [-0.3, -0.25) is 0 Å². The van der Waals surface area contributed by atoms with E-state index >= 15 is 0 Å². The molecule has 7 aromatic carbocycles. The fourth-order valence-electron chi connectivity index (χ4n) is 10.5. The van der Waals surface area contributed by atoms with Crippen molar-refractivity contribution >= 4 is 10.8 Å². The largest absolute Gasteiger partial charge is 0.228 e. The lowest BCUT2D eigenvalue weighted by molar-refractivity contribution is -0.219. The Morgan fingerprint density at radius 3 is 1.29 bits per heavy atom. The van der Waals surface area contributed by atoms with E-state index in [0.717, 1.165) is 90.9 Å². The normalized spacial score (nSPS) is 19.9. The molecule has 0 saturated heterocycles. The molecular weight excluding hydrogens is 717 g/mol. The van der Waals surface area contributed by atoms with Gasteiger partial charge in [-0.05, 0) is 88.1 Å². The van der Waals surface area contributed by atoms with Crippen LogP contribution in [0.2, 0.25) is 0 Å². The summed E-state index contributed by atoms with van der Waals surface area (Å²) in [5, 5.41) is 2.40. The van der Waals surface area contributed by atoms with Gasteiger partial charge in [-0.1, -0.05) is 170 Å². The molecule has 0 aliphatic heterocycles. The van der Waals surface area contributed by atoms with Crippen LogP contribution in [-0.4, -0.2) is 19.9 Å². The zero-order chi connectivity index (χ0) is 38.9. The summed E-state index contributed by atoms with van der Waals surface area (Å²) in [4.78, 5) is 20.4. The second-order valence-corrected chi connectivity index (χ2v) is 16.8. The van der Waals surface area contributed by atoms with Crippen LogP contribution in [0, 0.1) is 17.8 Å². The van der Waals surface area contributed by atoms with Crippen molar-refractivity contribution in [2.45, 2.75) is 24.7 Å². The zero-order valence-electron chi connectivity index (χ0n) is 32.5. The van der Waals surface area contributed by atoms with Crippen LogP contribution in [0.3, 0.4) is 0 Å². The molecule has 59 heavy (non-hydrogen) atoms. The Morgan fingerprint density at radius 1 is 0.339 bits per heavy atom. The van der Waals surface area contributed by atoms with Gasteiger partial charge >= 0.3 is 0 Å². The van der Waals surface area contributed by atoms with Crippen LogP contribution in [0.4, 0.5) is 0 Å². The zero-order valence-corrected chi connectivity index (χ0v) is 32.5. The molecule has 2 aromatic heterocycles. The predicted octanol–water partition coefficient (Wildman–Crippen LogP) is 13.4. The molecule has 3 aliphatic carbocycles. The van der Waals surface area contributed by atoms with Crippen molar-refractivity contribution in [2.24, 2.45) is 17.8 Å². The molecule has 12 rings (SSSR count). The minimum Gasteiger partial charge on any atom is -0.228 e. The van der Waals surface area contributed by atoms with E-state index in [4.69, 9.17) is 19.9 Å².